The number of halogens is 1. The van der Waals surface area contributed by atoms with Gasteiger partial charge in [0.15, 0.2) is 14.0 Å². The van der Waals surface area contributed by atoms with E-state index in [1.165, 1.54) is 26.2 Å². The van der Waals surface area contributed by atoms with E-state index in [0.29, 0.717) is 30.3 Å². The number of allylic oxidation sites excluding steroid dienone is 3. The van der Waals surface area contributed by atoms with Gasteiger partial charge in [-0.15, -0.1) is 0 Å². The number of methoxy groups -OCH3 is 2. The molecule has 7 atom stereocenters. The molecule has 13 nitrogen and oxygen atoms in total. The van der Waals surface area contributed by atoms with Crippen LogP contribution < -0.4 is 15.0 Å². The third-order valence-corrected chi connectivity index (χ3v) is 11.9. The topological polar surface area (TPSA) is 160 Å². The Balaban J connectivity index is 1.74. The van der Waals surface area contributed by atoms with Gasteiger partial charge in [0.1, 0.15) is 34.7 Å². The maximum atomic E-state index is 14.0. The number of anilines is 1. The summed E-state index contributed by atoms with van der Waals surface area (Å²) < 4.78 is 29.2. The van der Waals surface area contributed by atoms with Gasteiger partial charge in [0.2, 0.25) is 5.91 Å². The molecule has 2 saturated heterocycles. The van der Waals surface area contributed by atoms with Gasteiger partial charge in [0.05, 0.1) is 25.3 Å². The van der Waals surface area contributed by atoms with Crippen LogP contribution >= 0.6 is 11.6 Å². The van der Waals surface area contributed by atoms with Gasteiger partial charge < -0.3 is 43.8 Å². The number of epoxide rings is 1. The van der Waals surface area contributed by atoms with Crippen LogP contribution in [-0.2, 0) is 30.2 Å². The highest BCUT2D eigenvalue weighted by Crippen LogP contribution is 2.49. The number of likely N-dealkylation sites (N-methyl/N-ethyl adjacent to an activating group) is 1. The zero-order chi connectivity index (χ0) is 37.2. The van der Waals surface area contributed by atoms with E-state index in [2.05, 4.69) is 5.32 Å². The van der Waals surface area contributed by atoms with Crippen molar-refractivity contribution in [2.24, 2.45) is 5.92 Å². The van der Waals surface area contributed by atoms with Crippen LogP contribution in [0.4, 0.5) is 15.3 Å². The predicted octanol–water partition coefficient (Wildman–Crippen LogP) is 4.78. The van der Waals surface area contributed by atoms with Crippen molar-refractivity contribution in [3.63, 3.8) is 0 Å². The van der Waals surface area contributed by atoms with Crippen LogP contribution in [0.3, 0.4) is 0 Å². The highest BCUT2D eigenvalue weighted by atomic mass is 35.5. The standard InChI is InChI=1S/C35H52ClN3O10Si/c1-21-12-10-13-27(46-7)35(43)20-26(47-33(42)39(35)5)22(2)31-34(3,49-31)28(48-32(41)37-14-11-15-50(8,9)44)19-29(40)38(4)24-17-23(16-21)18-25(45-6)30(24)36/h10,12-13,17-18,22,26-28,31,43-44H,11,14-16,19-20H2,1-9H3,(H,37,41)/b13-10+,21-12+/t22-,26+,27-,28+,31+,34-,35+/m1/s1. The number of ether oxygens (including phenoxy) is 5. The van der Waals surface area contributed by atoms with E-state index < -0.39 is 68.1 Å². The number of nitrogens with zero attached hydrogens (tertiary/aromatic N) is 2. The first kappa shape index (κ1) is 39.6. The van der Waals surface area contributed by atoms with Gasteiger partial charge in [0.25, 0.3) is 0 Å². The fraction of sp³-hybridized carbons (Fsp3) is 0.629. The molecule has 0 radical (unpaired) electrons. The van der Waals surface area contributed by atoms with E-state index in [1.807, 2.05) is 39.1 Å². The summed E-state index contributed by atoms with van der Waals surface area (Å²) in [5.41, 5.74) is -0.706. The second kappa shape index (κ2) is 15.6. The average Bonchev–Trinajstić information content (AvgIpc) is 3.74. The molecule has 3 aliphatic rings. The molecule has 3 aliphatic heterocycles. The first-order valence-corrected chi connectivity index (χ1v) is 20.4. The monoisotopic (exact) mass is 737 g/mol. The lowest BCUT2D eigenvalue weighted by atomic mass is 9.83. The lowest BCUT2D eigenvalue weighted by Crippen LogP contribution is -2.64. The molecule has 3 heterocycles. The Morgan fingerprint density at radius 1 is 1.22 bits per heavy atom. The summed E-state index contributed by atoms with van der Waals surface area (Å²) in [5, 5.41) is 14.9. The molecule has 1 aromatic carbocycles. The molecular formula is C35H52ClN3O10Si. The molecule has 2 fully saturated rings. The van der Waals surface area contributed by atoms with Crippen molar-refractivity contribution in [3.05, 3.63) is 46.5 Å². The number of carbonyl (C=O) groups is 3. The highest BCUT2D eigenvalue weighted by Gasteiger charge is 2.65. The minimum atomic E-state index is -2.29. The SMILES string of the molecule is COc1cc2cc(c1Cl)N(C)C(=O)C[C@H](OC(=O)NCCC[Si](C)(C)O)[C@@]1(C)O[C@H]1[C@H](C)[C@@H]1C[C@](O)([C@H](OC)/C=C/C=C(\C)C2)N(C)C(=O)O1. The predicted molar refractivity (Wildman–Crippen MR) is 191 cm³/mol. The van der Waals surface area contributed by atoms with Gasteiger partial charge in [-0.1, -0.05) is 42.3 Å². The number of hydrogen-bond acceptors (Lipinski definition) is 10. The normalized spacial score (nSPS) is 32.3. The molecule has 0 saturated carbocycles. The zero-order valence-electron chi connectivity index (χ0n) is 30.4. The van der Waals surface area contributed by atoms with Crippen molar-refractivity contribution in [2.75, 3.05) is 39.8 Å². The fourth-order valence-corrected chi connectivity index (χ4v) is 8.05. The lowest BCUT2D eigenvalue weighted by molar-refractivity contribution is -0.201. The van der Waals surface area contributed by atoms with Gasteiger partial charge in [-0.05, 0) is 63.5 Å². The average molecular weight is 738 g/mol. The molecule has 4 bridgehead atoms. The number of hydrogen-bond donors (Lipinski definition) is 3. The third kappa shape index (κ3) is 8.83. The van der Waals surface area contributed by atoms with Gasteiger partial charge in [0, 0.05) is 40.1 Å². The number of benzene rings is 1. The number of fused-ring (bicyclic) bond motifs is 5. The quantitative estimate of drug-likeness (QED) is 0.202. The second-order valence-electron chi connectivity index (χ2n) is 14.4. The minimum Gasteiger partial charge on any atom is -0.495 e. The first-order valence-electron chi connectivity index (χ1n) is 16.9. The Bertz CT molecular complexity index is 1500. The summed E-state index contributed by atoms with van der Waals surface area (Å²) >= 11 is 6.73. The van der Waals surface area contributed by atoms with Crippen molar-refractivity contribution in [3.8, 4) is 5.75 Å². The van der Waals surface area contributed by atoms with Gasteiger partial charge in [-0.3, -0.25) is 9.69 Å². The van der Waals surface area contributed by atoms with Crippen molar-refractivity contribution >= 4 is 43.7 Å². The number of amides is 3. The molecule has 4 rings (SSSR count). The van der Waals surface area contributed by atoms with Crippen LogP contribution in [0, 0.1) is 5.92 Å². The smallest absolute Gasteiger partial charge is 0.412 e. The van der Waals surface area contributed by atoms with Crippen LogP contribution in [0.1, 0.15) is 45.6 Å². The van der Waals surface area contributed by atoms with Crippen molar-refractivity contribution in [1.29, 1.82) is 0 Å². The fourth-order valence-electron chi connectivity index (χ4n) is 6.69. The summed E-state index contributed by atoms with van der Waals surface area (Å²) in [6.45, 7) is 9.45. The third-order valence-electron chi connectivity index (χ3n) is 9.94. The van der Waals surface area contributed by atoms with E-state index in [0.717, 1.165) is 16.0 Å². The largest absolute Gasteiger partial charge is 0.495 e. The summed E-state index contributed by atoms with van der Waals surface area (Å²) in [5.74, 6) is -0.484. The van der Waals surface area contributed by atoms with E-state index in [9.17, 15) is 24.3 Å². The van der Waals surface area contributed by atoms with Crippen LogP contribution in [-0.4, -0.2) is 112 Å². The minimum absolute atomic E-state index is 0.000214. The molecule has 50 heavy (non-hydrogen) atoms. The molecule has 3 amide bonds. The van der Waals surface area contributed by atoms with Gasteiger partial charge >= 0.3 is 12.2 Å². The Hall–Kier alpha value is -3.14. The van der Waals surface area contributed by atoms with Crippen LogP contribution in [0.25, 0.3) is 0 Å². The number of alkyl carbamates (subject to hydrolysis) is 1. The van der Waals surface area contributed by atoms with Crippen molar-refractivity contribution in [1.82, 2.24) is 10.2 Å². The highest BCUT2D eigenvalue weighted by molar-refractivity contribution is 6.69. The molecule has 0 spiro atoms. The number of nitrogens with one attached hydrogen (secondary N) is 1. The molecule has 278 valence electrons. The van der Waals surface area contributed by atoms with E-state index in [1.54, 1.807) is 32.2 Å². The molecule has 0 aromatic heterocycles. The Morgan fingerprint density at radius 2 is 1.92 bits per heavy atom. The van der Waals surface area contributed by atoms with E-state index in [-0.39, 0.29) is 24.4 Å². The van der Waals surface area contributed by atoms with E-state index >= 15 is 0 Å². The molecule has 15 heteroatoms. The lowest BCUT2D eigenvalue weighted by Gasteiger charge is -2.47. The summed E-state index contributed by atoms with van der Waals surface area (Å²) in [6, 6.07) is 4.22. The van der Waals surface area contributed by atoms with Crippen LogP contribution in [0.2, 0.25) is 24.2 Å². The Labute approximate surface area is 300 Å². The van der Waals surface area contributed by atoms with E-state index in [4.69, 9.17) is 35.3 Å². The Morgan fingerprint density at radius 3 is 2.56 bits per heavy atom. The molecule has 0 unspecified atom stereocenters. The number of carbonyl (C=O) groups excluding carboxylic acids is 3. The Kier molecular flexibility index (Phi) is 12.4. The van der Waals surface area contributed by atoms with Crippen molar-refractivity contribution in [2.45, 2.75) is 101 Å². The zero-order valence-corrected chi connectivity index (χ0v) is 32.2. The number of rotatable bonds is 7. The molecule has 0 aliphatic carbocycles. The summed E-state index contributed by atoms with van der Waals surface area (Å²) in [4.78, 5) is 52.9. The molecule has 3 N–H and O–H groups in total. The van der Waals surface area contributed by atoms with Crippen LogP contribution in [0.5, 0.6) is 5.75 Å². The maximum Gasteiger partial charge on any atom is 0.412 e. The summed E-state index contributed by atoms with van der Waals surface area (Å²) in [6.07, 6.45) is 1.31. The summed E-state index contributed by atoms with van der Waals surface area (Å²) in [7, 11) is 3.72. The van der Waals surface area contributed by atoms with Gasteiger partial charge in [-0.2, -0.15) is 0 Å². The second-order valence-corrected chi connectivity index (χ2v) is 18.9. The molecular weight excluding hydrogens is 686 g/mol. The van der Waals surface area contributed by atoms with Crippen LogP contribution in [0.15, 0.2) is 35.9 Å². The number of aliphatic hydroxyl groups is 1. The first-order chi connectivity index (χ1) is 23.3. The molecule has 1 aromatic rings. The van der Waals surface area contributed by atoms with Crippen molar-refractivity contribution < 1.29 is 48.0 Å². The maximum absolute atomic E-state index is 14.0. The van der Waals surface area contributed by atoms with Gasteiger partial charge in [-0.25, -0.2) is 9.59 Å².